The Bertz CT molecular complexity index is 792. The molecule has 0 spiro atoms. The van der Waals surface area contributed by atoms with Gasteiger partial charge < -0.3 is 5.73 Å². The molecule has 5 heteroatoms. The third kappa shape index (κ3) is 2.25. The van der Waals surface area contributed by atoms with Gasteiger partial charge >= 0.3 is 0 Å². The molecular formula is C16H17N5. The number of hydrogen-bond donors (Lipinski definition) is 1. The SMILES string of the molecule is Nc1ccc2nnc(CN3CCc4ccccc4C3)n2c1. The van der Waals surface area contributed by atoms with Gasteiger partial charge in [-0.15, -0.1) is 10.2 Å². The lowest BCUT2D eigenvalue weighted by Gasteiger charge is -2.27. The Morgan fingerprint density at radius 3 is 2.81 bits per heavy atom. The van der Waals surface area contributed by atoms with Crippen molar-refractivity contribution in [2.75, 3.05) is 12.3 Å². The van der Waals surface area contributed by atoms with E-state index in [-0.39, 0.29) is 0 Å². The van der Waals surface area contributed by atoms with Crippen LogP contribution in [0.2, 0.25) is 0 Å². The zero-order chi connectivity index (χ0) is 14.2. The van der Waals surface area contributed by atoms with Gasteiger partial charge in [0.05, 0.1) is 6.54 Å². The van der Waals surface area contributed by atoms with Gasteiger partial charge in [0.1, 0.15) is 0 Å². The molecule has 0 atom stereocenters. The van der Waals surface area contributed by atoms with Crippen molar-refractivity contribution in [2.45, 2.75) is 19.5 Å². The maximum absolute atomic E-state index is 5.86. The number of benzene rings is 1. The number of fused-ring (bicyclic) bond motifs is 2. The first-order valence-corrected chi connectivity index (χ1v) is 7.18. The predicted octanol–water partition coefficient (Wildman–Crippen LogP) is 1.87. The number of rotatable bonds is 2. The highest BCUT2D eigenvalue weighted by atomic mass is 15.3. The molecule has 5 nitrogen and oxygen atoms in total. The molecule has 0 radical (unpaired) electrons. The van der Waals surface area contributed by atoms with E-state index in [9.17, 15) is 0 Å². The molecule has 0 amide bonds. The summed E-state index contributed by atoms with van der Waals surface area (Å²) in [5.74, 6) is 0.941. The minimum atomic E-state index is 0.729. The van der Waals surface area contributed by atoms with E-state index in [1.807, 2.05) is 22.7 Å². The van der Waals surface area contributed by atoms with Crippen LogP contribution in [0.25, 0.3) is 5.65 Å². The number of nitrogen functional groups attached to an aromatic ring is 1. The number of nitrogens with two attached hydrogens (primary N) is 1. The first kappa shape index (κ1) is 12.3. The van der Waals surface area contributed by atoms with Gasteiger partial charge in [0.25, 0.3) is 0 Å². The fourth-order valence-corrected chi connectivity index (χ4v) is 2.95. The normalized spacial score (nSPS) is 15.2. The Kier molecular flexibility index (Phi) is 2.86. The summed E-state index contributed by atoms with van der Waals surface area (Å²) in [7, 11) is 0. The summed E-state index contributed by atoms with van der Waals surface area (Å²) in [6.07, 6.45) is 2.98. The first-order valence-electron chi connectivity index (χ1n) is 7.18. The zero-order valence-corrected chi connectivity index (χ0v) is 11.7. The van der Waals surface area contributed by atoms with Crippen LogP contribution in [0, 0.1) is 0 Å². The molecule has 3 aromatic rings. The van der Waals surface area contributed by atoms with Gasteiger partial charge in [0.2, 0.25) is 0 Å². The molecule has 4 rings (SSSR count). The summed E-state index contributed by atoms with van der Waals surface area (Å²) < 4.78 is 1.98. The van der Waals surface area contributed by atoms with E-state index in [1.54, 1.807) is 0 Å². The zero-order valence-electron chi connectivity index (χ0n) is 11.7. The van der Waals surface area contributed by atoms with Crippen molar-refractivity contribution in [2.24, 2.45) is 0 Å². The molecule has 0 fully saturated rings. The number of nitrogens with zero attached hydrogens (tertiary/aromatic N) is 4. The second-order valence-electron chi connectivity index (χ2n) is 5.54. The van der Waals surface area contributed by atoms with E-state index in [0.29, 0.717) is 0 Å². The van der Waals surface area contributed by atoms with Crippen LogP contribution in [0.5, 0.6) is 0 Å². The predicted molar refractivity (Wildman–Crippen MR) is 81.7 cm³/mol. The average molecular weight is 279 g/mol. The van der Waals surface area contributed by atoms with Crippen LogP contribution in [-0.2, 0) is 19.5 Å². The Labute approximate surface area is 123 Å². The van der Waals surface area contributed by atoms with Crippen LogP contribution < -0.4 is 5.73 Å². The van der Waals surface area contributed by atoms with Crippen LogP contribution in [0.15, 0.2) is 42.6 Å². The van der Waals surface area contributed by atoms with Crippen molar-refractivity contribution in [3.63, 3.8) is 0 Å². The summed E-state index contributed by atoms with van der Waals surface area (Å²) in [5.41, 5.74) is 10.3. The highest BCUT2D eigenvalue weighted by Crippen LogP contribution is 2.20. The van der Waals surface area contributed by atoms with Crippen LogP contribution in [-0.4, -0.2) is 26.0 Å². The van der Waals surface area contributed by atoms with Gasteiger partial charge in [-0.1, -0.05) is 24.3 Å². The molecule has 1 aromatic carbocycles. The lowest BCUT2D eigenvalue weighted by atomic mass is 10.00. The van der Waals surface area contributed by atoms with Crippen molar-refractivity contribution in [1.29, 1.82) is 0 Å². The second-order valence-corrected chi connectivity index (χ2v) is 5.54. The number of anilines is 1. The van der Waals surface area contributed by atoms with Gasteiger partial charge in [-0.05, 0) is 29.7 Å². The highest BCUT2D eigenvalue weighted by molar-refractivity contribution is 5.47. The molecule has 0 bridgehead atoms. The third-order valence-electron chi connectivity index (χ3n) is 4.07. The molecule has 106 valence electrons. The second kappa shape index (κ2) is 4.86. The summed E-state index contributed by atoms with van der Waals surface area (Å²) in [6, 6.07) is 12.4. The highest BCUT2D eigenvalue weighted by Gasteiger charge is 2.17. The quantitative estimate of drug-likeness (QED) is 0.778. The van der Waals surface area contributed by atoms with Crippen molar-refractivity contribution in [1.82, 2.24) is 19.5 Å². The molecule has 2 N–H and O–H groups in total. The molecule has 3 heterocycles. The van der Waals surface area contributed by atoms with E-state index in [2.05, 4.69) is 39.4 Å². The first-order chi connectivity index (χ1) is 10.3. The molecule has 0 aliphatic carbocycles. The maximum Gasteiger partial charge on any atom is 0.160 e. The number of pyridine rings is 1. The van der Waals surface area contributed by atoms with Crippen molar-refractivity contribution in [3.8, 4) is 0 Å². The summed E-state index contributed by atoms with van der Waals surface area (Å²) in [4.78, 5) is 2.40. The van der Waals surface area contributed by atoms with Gasteiger partial charge in [-0.3, -0.25) is 9.30 Å². The molecular weight excluding hydrogens is 262 g/mol. The van der Waals surface area contributed by atoms with Crippen molar-refractivity contribution >= 4 is 11.3 Å². The molecule has 1 aliphatic rings. The summed E-state index contributed by atoms with van der Waals surface area (Å²) >= 11 is 0. The molecule has 1 aliphatic heterocycles. The molecule has 0 saturated carbocycles. The molecule has 21 heavy (non-hydrogen) atoms. The lowest BCUT2D eigenvalue weighted by Crippen LogP contribution is -2.30. The average Bonchev–Trinajstić information content (AvgIpc) is 2.89. The minimum absolute atomic E-state index is 0.729. The minimum Gasteiger partial charge on any atom is -0.398 e. The third-order valence-corrected chi connectivity index (χ3v) is 4.07. The van der Waals surface area contributed by atoms with E-state index in [1.165, 1.54) is 11.1 Å². The number of hydrogen-bond acceptors (Lipinski definition) is 4. The Morgan fingerprint density at radius 2 is 1.90 bits per heavy atom. The number of aromatic nitrogens is 3. The van der Waals surface area contributed by atoms with Gasteiger partial charge in [-0.25, -0.2) is 0 Å². The summed E-state index contributed by atoms with van der Waals surface area (Å²) in [5, 5.41) is 8.50. The van der Waals surface area contributed by atoms with Crippen molar-refractivity contribution < 1.29 is 0 Å². The van der Waals surface area contributed by atoms with Gasteiger partial charge in [-0.2, -0.15) is 0 Å². The standard InChI is InChI=1S/C16H17N5/c17-14-5-6-15-18-19-16(21(15)10-14)11-20-8-7-12-3-1-2-4-13(12)9-20/h1-6,10H,7-9,11,17H2. The fraction of sp³-hybridized carbons (Fsp3) is 0.250. The largest absolute Gasteiger partial charge is 0.398 e. The fourth-order valence-electron chi connectivity index (χ4n) is 2.95. The lowest BCUT2D eigenvalue weighted by molar-refractivity contribution is 0.238. The Hall–Kier alpha value is -2.40. The maximum atomic E-state index is 5.86. The van der Waals surface area contributed by atoms with Gasteiger partial charge in [0, 0.05) is 25.0 Å². The molecule has 0 saturated heterocycles. The van der Waals surface area contributed by atoms with E-state index >= 15 is 0 Å². The van der Waals surface area contributed by atoms with Crippen LogP contribution in [0.4, 0.5) is 5.69 Å². The van der Waals surface area contributed by atoms with Crippen LogP contribution in [0.3, 0.4) is 0 Å². The van der Waals surface area contributed by atoms with Gasteiger partial charge in [0.15, 0.2) is 11.5 Å². The topological polar surface area (TPSA) is 59.5 Å². The molecule has 0 unspecified atom stereocenters. The van der Waals surface area contributed by atoms with E-state index < -0.39 is 0 Å². The Balaban J connectivity index is 1.60. The monoisotopic (exact) mass is 279 g/mol. The van der Waals surface area contributed by atoms with Crippen LogP contribution in [0.1, 0.15) is 17.0 Å². The van der Waals surface area contributed by atoms with Crippen LogP contribution >= 0.6 is 0 Å². The van der Waals surface area contributed by atoms with E-state index in [0.717, 1.165) is 43.2 Å². The summed E-state index contributed by atoms with van der Waals surface area (Å²) in [6.45, 7) is 2.81. The smallest absolute Gasteiger partial charge is 0.160 e. The van der Waals surface area contributed by atoms with Crippen molar-refractivity contribution in [3.05, 3.63) is 59.5 Å². The van der Waals surface area contributed by atoms with E-state index in [4.69, 9.17) is 5.73 Å². The molecule has 2 aromatic heterocycles. The Morgan fingerprint density at radius 1 is 1.05 bits per heavy atom.